The number of rotatable bonds is 4. The third-order valence-corrected chi connectivity index (χ3v) is 4.13. The van der Waals surface area contributed by atoms with Crippen molar-refractivity contribution in [3.8, 4) is 0 Å². The van der Waals surface area contributed by atoms with Gasteiger partial charge in [0.1, 0.15) is 11.5 Å². The average Bonchev–Trinajstić information content (AvgIpc) is 2.28. The highest BCUT2D eigenvalue weighted by Crippen LogP contribution is 2.23. The van der Waals surface area contributed by atoms with Crippen molar-refractivity contribution in [3.05, 3.63) is 29.3 Å². The largest absolute Gasteiger partial charge is 0.329 e. The highest BCUT2D eigenvalue weighted by Gasteiger charge is 2.23. The van der Waals surface area contributed by atoms with Crippen molar-refractivity contribution in [1.82, 2.24) is 0 Å². The van der Waals surface area contributed by atoms with Gasteiger partial charge in [0.15, 0.2) is 5.82 Å². The van der Waals surface area contributed by atoms with E-state index in [4.69, 9.17) is 5.73 Å². The number of hydrogen-bond donors (Lipinski definition) is 2. The van der Waals surface area contributed by atoms with Gasteiger partial charge in [0.05, 0.1) is 5.25 Å². The molecule has 0 heterocycles. The van der Waals surface area contributed by atoms with Gasteiger partial charge in [0.2, 0.25) is 10.0 Å². The maximum absolute atomic E-state index is 13.6. The van der Waals surface area contributed by atoms with Crippen LogP contribution in [-0.4, -0.2) is 20.2 Å². The first kappa shape index (κ1) is 13.9. The van der Waals surface area contributed by atoms with E-state index in [-0.39, 0.29) is 12.1 Å². The minimum atomic E-state index is -3.88. The number of benzene rings is 1. The molecule has 0 aliphatic heterocycles. The van der Waals surface area contributed by atoms with Crippen molar-refractivity contribution in [3.63, 3.8) is 0 Å². The maximum atomic E-state index is 13.6. The van der Waals surface area contributed by atoms with Crippen LogP contribution in [0.3, 0.4) is 0 Å². The standard InChI is InChI=1S/C10H14F2N2O2S/c1-6-3-4-8(11)10(9(6)12)14-17(15,16)7(2)5-13/h3-4,7,14H,5,13H2,1-2H3. The van der Waals surface area contributed by atoms with E-state index in [0.29, 0.717) is 0 Å². The Bertz CT molecular complexity index is 517. The molecular weight excluding hydrogens is 250 g/mol. The number of hydrogen-bond acceptors (Lipinski definition) is 3. The summed E-state index contributed by atoms with van der Waals surface area (Å²) in [6.07, 6.45) is 0. The summed E-state index contributed by atoms with van der Waals surface area (Å²) in [7, 11) is -3.88. The molecule has 0 aliphatic carbocycles. The number of halogens is 2. The Morgan fingerprint density at radius 3 is 2.53 bits per heavy atom. The van der Waals surface area contributed by atoms with E-state index in [1.54, 1.807) is 0 Å². The summed E-state index contributed by atoms with van der Waals surface area (Å²) in [5.41, 5.74) is 4.71. The first-order valence-corrected chi connectivity index (χ1v) is 6.50. The molecule has 7 heteroatoms. The molecule has 4 nitrogen and oxygen atoms in total. The van der Waals surface area contributed by atoms with Crippen LogP contribution in [0.5, 0.6) is 0 Å². The van der Waals surface area contributed by atoms with Crippen LogP contribution in [0.15, 0.2) is 12.1 Å². The molecule has 1 rings (SSSR count). The second-order valence-electron chi connectivity index (χ2n) is 3.75. The van der Waals surface area contributed by atoms with Gasteiger partial charge in [0, 0.05) is 6.54 Å². The van der Waals surface area contributed by atoms with E-state index in [2.05, 4.69) is 0 Å². The number of aryl methyl sites for hydroxylation is 1. The molecule has 0 bridgehead atoms. The zero-order chi connectivity index (χ0) is 13.2. The summed E-state index contributed by atoms with van der Waals surface area (Å²) in [6, 6.07) is 2.23. The first-order valence-electron chi connectivity index (χ1n) is 4.96. The van der Waals surface area contributed by atoms with Gasteiger partial charge in [-0.1, -0.05) is 6.07 Å². The molecule has 1 atom stereocenters. The van der Waals surface area contributed by atoms with Gasteiger partial charge in [-0.2, -0.15) is 0 Å². The first-order chi connectivity index (χ1) is 7.79. The van der Waals surface area contributed by atoms with E-state index in [1.807, 2.05) is 4.72 Å². The molecular formula is C10H14F2N2O2S. The van der Waals surface area contributed by atoms with Crippen LogP contribution in [0.4, 0.5) is 14.5 Å². The van der Waals surface area contributed by atoms with Crippen LogP contribution in [0.2, 0.25) is 0 Å². The number of nitrogens with one attached hydrogen (secondary N) is 1. The van der Waals surface area contributed by atoms with E-state index in [9.17, 15) is 17.2 Å². The Hall–Kier alpha value is -1.21. The molecule has 1 unspecified atom stereocenters. The molecule has 1 aromatic rings. The Labute approximate surface area is 98.9 Å². The molecule has 0 radical (unpaired) electrons. The van der Waals surface area contributed by atoms with Crippen LogP contribution in [0.1, 0.15) is 12.5 Å². The average molecular weight is 264 g/mol. The Kier molecular flexibility index (Phi) is 4.05. The van der Waals surface area contributed by atoms with Crippen LogP contribution in [-0.2, 0) is 10.0 Å². The zero-order valence-electron chi connectivity index (χ0n) is 9.50. The van der Waals surface area contributed by atoms with Crippen LogP contribution >= 0.6 is 0 Å². The molecule has 0 saturated heterocycles. The highest BCUT2D eigenvalue weighted by molar-refractivity contribution is 7.93. The number of sulfonamides is 1. The SMILES string of the molecule is Cc1ccc(F)c(NS(=O)(=O)C(C)CN)c1F. The van der Waals surface area contributed by atoms with Crippen molar-refractivity contribution in [2.45, 2.75) is 19.1 Å². The predicted molar refractivity (Wildman–Crippen MR) is 62.2 cm³/mol. The second-order valence-corrected chi connectivity index (χ2v) is 5.85. The van der Waals surface area contributed by atoms with Crippen LogP contribution in [0.25, 0.3) is 0 Å². The van der Waals surface area contributed by atoms with Gasteiger partial charge in [-0.05, 0) is 25.5 Å². The number of nitrogens with two attached hydrogens (primary N) is 1. The topological polar surface area (TPSA) is 72.2 Å². The minimum absolute atomic E-state index is 0.135. The lowest BCUT2D eigenvalue weighted by Crippen LogP contribution is -2.32. The lowest BCUT2D eigenvalue weighted by atomic mass is 10.2. The van der Waals surface area contributed by atoms with Crippen molar-refractivity contribution in [1.29, 1.82) is 0 Å². The van der Waals surface area contributed by atoms with Crippen molar-refractivity contribution in [2.24, 2.45) is 5.73 Å². The fourth-order valence-electron chi connectivity index (χ4n) is 1.12. The molecule has 1 aromatic carbocycles. The number of anilines is 1. The lowest BCUT2D eigenvalue weighted by Gasteiger charge is -2.14. The third kappa shape index (κ3) is 2.92. The monoisotopic (exact) mass is 264 g/mol. The molecule has 0 aliphatic rings. The fourth-order valence-corrected chi connectivity index (χ4v) is 2.05. The zero-order valence-corrected chi connectivity index (χ0v) is 10.3. The summed E-state index contributed by atoms with van der Waals surface area (Å²) in [5, 5.41) is -0.929. The van der Waals surface area contributed by atoms with Crippen LogP contribution < -0.4 is 10.5 Å². The predicted octanol–water partition coefficient (Wildman–Crippen LogP) is 1.36. The Balaban J connectivity index is 3.16. The van der Waals surface area contributed by atoms with Crippen molar-refractivity contribution < 1.29 is 17.2 Å². The minimum Gasteiger partial charge on any atom is -0.329 e. The summed E-state index contributed by atoms with van der Waals surface area (Å²) >= 11 is 0. The fraction of sp³-hybridized carbons (Fsp3) is 0.400. The van der Waals surface area contributed by atoms with Gasteiger partial charge in [-0.3, -0.25) is 4.72 Å². The van der Waals surface area contributed by atoms with E-state index in [0.717, 1.165) is 6.07 Å². The normalized spacial score (nSPS) is 13.5. The second kappa shape index (κ2) is 4.97. The van der Waals surface area contributed by atoms with Gasteiger partial charge < -0.3 is 5.73 Å². The summed E-state index contributed by atoms with van der Waals surface area (Å²) in [5.74, 6) is -1.88. The summed E-state index contributed by atoms with van der Waals surface area (Å²) < 4.78 is 52.0. The van der Waals surface area contributed by atoms with Crippen LogP contribution in [0, 0.1) is 18.6 Å². The highest BCUT2D eigenvalue weighted by atomic mass is 32.2. The Morgan fingerprint density at radius 1 is 1.41 bits per heavy atom. The van der Waals surface area contributed by atoms with Gasteiger partial charge in [-0.15, -0.1) is 0 Å². The molecule has 96 valence electrons. The summed E-state index contributed by atoms with van der Waals surface area (Å²) in [4.78, 5) is 0. The molecule has 3 N–H and O–H groups in total. The smallest absolute Gasteiger partial charge is 0.236 e. The quantitative estimate of drug-likeness (QED) is 0.862. The van der Waals surface area contributed by atoms with E-state index in [1.165, 1.54) is 19.9 Å². The molecule has 17 heavy (non-hydrogen) atoms. The third-order valence-electron chi connectivity index (χ3n) is 2.39. The van der Waals surface area contributed by atoms with E-state index >= 15 is 0 Å². The van der Waals surface area contributed by atoms with E-state index < -0.39 is 32.6 Å². The Morgan fingerprint density at radius 2 is 2.00 bits per heavy atom. The summed E-state index contributed by atoms with van der Waals surface area (Å²) in [6.45, 7) is 2.64. The molecule has 0 saturated carbocycles. The molecule has 0 amide bonds. The maximum Gasteiger partial charge on any atom is 0.236 e. The lowest BCUT2D eigenvalue weighted by molar-refractivity contribution is 0.574. The molecule has 0 aromatic heterocycles. The van der Waals surface area contributed by atoms with Gasteiger partial charge in [-0.25, -0.2) is 17.2 Å². The molecule has 0 fully saturated rings. The van der Waals surface area contributed by atoms with Crippen molar-refractivity contribution >= 4 is 15.7 Å². The van der Waals surface area contributed by atoms with Gasteiger partial charge >= 0.3 is 0 Å². The molecule has 0 spiro atoms. The van der Waals surface area contributed by atoms with Gasteiger partial charge in [0.25, 0.3) is 0 Å². The van der Waals surface area contributed by atoms with Crippen molar-refractivity contribution in [2.75, 3.05) is 11.3 Å².